The van der Waals surface area contributed by atoms with E-state index in [1.165, 1.54) is 13.8 Å². The van der Waals surface area contributed by atoms with Gasteiger partial charge in [0.1, 0.15) is 0 Å². The molecule has 0 unspecified atom stereocenters. The van der Waals surface area contributed by atoms with Crippen LogP contribution in [0.4, 0.5) is 0 Å². The molecule has 0 atom stereocenters. The molecule has 0 fully saturated rings. The molecule has 3 aromatic heterocycles. The Morgan fingerprint density at radius 1 is 0.547 bits per heavy atom. The van der Waals surface area contributed by atoms with Crippen molar-refractivity contribution in [3.63, 3.8) is 0 Å². The fraction of sp³-hybridized carbons (Fsp3) is 0.208. The van der Waals surface area contributed by atoms with Crippen LogP contribution in [0.3, 0.4) is 0 Å². The number of carbonyl (C=O) groups is 3. The van der Waals surface area contributed by atoms with Crippen LogP contribution in [0.2, 0.25) is 0 Å². The molecule has 320 valence electrons. The van der Waals surface area contributed by atoms with E-state index in [0.717, 1.165) is 114 Å². The van der Waals surface area contributed by atoms with Crippen LogP contribution in [-0.2, 0) is 32.4 Å². The zero-order chi connectivity index (χ0) is 44.6. The maximum atomic E-state index is 13.8. The van der Waals surface area contributed by atoms with Crippen LogP contribution >= 0.6 is 11.3 Å². The van der Waals surface area contributed by atoms with Crippen molar-refractivity contribution in [3.8, 4) is 0 Å². The van der Waals surface area contributed by atoms with Crippen LogP contribution in [0.25, 0.3) is 63.8 Å². The first-order chi connectivity index (χ1) is 31.0. The molecule has 0 saturated heterocycles. The van der Waals surface area contributed by atoms with Gasteiger partial charge in [0, 0.05) is 96.3 Å². The maximum absolute atomic E-state index is 13.8. The summed E-state index contributed by atoms with van der Waals surface area (Å²) in [6, 6.07) is 37.8. The van der Waals surface area contributed by atoms with Gasteiger partial charge >= 0.3 is 11.9 Å². The van der Waals surface area contributed by atoms with E-state index in [9.17, 15) is 19.2 Å². The van der Waals surface area contributed by atoms with Crippen molar-refractivity contribution in [2.75, 3.05) is 0 Å². The van der Waals surface area contributed by atoms with E-state index in [1.807, 2.05) is 99.6 Å². The zero-order valence-corrected chi connectivity index (χ0v) is 37.2. The van der Waals surface area contributed by atoms with Crippen molar-refractivity contribution in [2.24, 2.45) is 10.3 Å². The first kappa shape index (κ1) is 42.1. The van der Waals surface area contributed by atoms with Crippen molar-refractivity contribution in [3.05, 3.63) is 153 Å². The molecule has 11 heteroatoms. The van der Waals surface area contributed by atoms with Gasteiger partial charge in [-0.15, -0.1) is 11.3 Å². The summed E-state index contributed by atoms with van der Waals surface area (Å²) in [6.07, 6.45) is 3.89. The Kier molecular flexibility index (Phi) is 11.5. The van der Waals surface area contributed by atoms with Gasteiger partial charge in [-0.2, -0.15) is 0 Å². The van der Waals surface area contributed by atoms with Gasteiger partial charge in [-0.25, -0.2) is 9.59 Å². The van der Waals surface area contributed by atoms with Crippen molar-refractivity contribution >= 4 is 104 Å². The lowest BCUT2D eigenvalue weighted by Gasteiger charge is -2.10. The fourth-order valence-corrected chi connectivity index (χ4v) is 10.1. The standard InChI is InChI=1S/C53H46N4O6S/c1-31-14-8-9-15-39(31)51(60)38-20-24-46-43(30-38)42-28-36(32(2)54-62-34(4)58)18-22-45(42)56(46)26-12-6-7-13-27-57-47-23-19-37(33(3)55-63-35(5)59)29-44(47)50-48(57)25-21-41-52(61)40-16-10-11-17-49(40)64-53(41)50/h8-11,14-25,28-30H,6-7,12-13,26-27H2,1-5H3/b54-32+,55-33-. The molecule has 64 heavy (non-hydrogen) atoms. The maximum Gasteiger partial charge on any atom is 0.331 e. The summed E-state index contributed by atoms with van der Waals surface area (Å²) >= 11 is 1.64. The molecule has 10 nitrogen and oxygen atoms in total. The third-order valence-electron chi connectivity index (χ3n) is 12.1. The Morgan fingerprint density at radius 3 is 1.69 bits per heavy atom. The van der Waals surface area contributed by atoms with Crippen molar-refractivity contribution in [1.29, 1.82) is 0 Å². The van der Waals surface area contributed by atoms with E-state index in [-0.39, 0.29) is 11.2 Å². The molecule has 9 rings (SSSR count). The van der Waals surface area contributed by atoms with Gasteiger partial charge in [-0.1, -0.05) is 71.7 Å². The highest BCUT2D eigenvalue weighted by molar-refractivity contribution is 7.25. The lowest BCUT2D eigenvalue weighted by molar-refractivity contribution is -0.141. The van der Waals surface area contributed by atoms with Crippen molar-refractivity contribution in [2.45, 2.75) is 73.4 Å². The minimum absolute atomic E-state index is 0.0194. The molecule has 0 amide bonds. The summed E-state index contributed by atoms with van der Waals surface area (Å²) in [4.78, 5) is 60.6. The molecule has 0 N–H and O–H groups in total. The van der Waals surface area contributed by atoms with Crippen LogP contribution < -0.4 is 5.43 Å². The van der Waals surface area contributed by atoms with Gasteiger partial charge in [0.05, 0.1) is 16.9 Å². The average Bonchev–Trinajstić information content (AvgIpc) is 3.79. The molecule has 0 spiro atoms. The molecule has 0 aliphatic carbocycles. The smallest absolute Gasteiger partial charge is 0.331 e. The molecule has 3 heterocycles. The van der Waals surface area contributed by atoms with Crippen LogP contribution in [-0.4, -0.2) is 38.3 Å². The van der Waals surface area contributed by atoms with Crippen molar-refractivity contribution < 1.29 is 24.1 Å². The highest BCUT2D eigenvalue weighted by Crippen LogP contribution is 2.39. The van der Waals surface area contributed by atoms with Crippen LogP contribution in [0.1, 0.15) is 86.0 Å². The minimum atomic E-state index is -0.484. The number of ketones is 1. The van der Waals surface area contributed by atoms with Crippen LogP contribution in [0, 0.1) is 6.92 Å². The molecular weight excluding hydrogens is 821 g/mol. The SMILES string of the molecule is CC(=O)O/N=C(/C)c1ccc2c(c1)c1c3sc4ccccc4c(=O)c3ccc1n2CCCCCCn1c2ccc(C(=O)c3ccccc3C)cc2c2cc(/C(C)=N/OC(C)=O)ccc21. The van der Waals surface area contributed by atoms with Gasteiger partial charge in [0.15, 0.2) is 11.2 Å². The summed E-state index contributed by atoms with van der Waals surface area (Å²) in [5.74, 6) is -0.986. The summed E-state index contributed by atoms with van der Waals surface area (Å²) in [5.41, 5.74) is 9.32. The topological polar surface area (TPSA) is 121 Å². The summed E-state index contributed by atoms with van der Waals surface area (Å²) in [6.45, 7) is 9.81. The second kappa shape index (κ2) is 17.5. The van der Waals surface area contributed by atoms with E-state index < -0.39 is 11.9 Å². The highest BCUT2D eigenvalue weighted by Gasteiger charge is 2.20. The van der Waals surface area contributed by atoms with Gasteiger partial charge in [-0.3, -0.25) is 9.59 Å². The zero-order valence-electron chi connectivity index (χ0n) is 36.4. The molecule has 0 aliphatic rings. The monoisotopic (exact) mass is 866 g/mol. The van der Waals surface area contributed by atoms with Crippen LogP contribution in [0.15, 0.2) is 130 Å². The Morgan fingerprint density at radius 2 is 1.06 bits per heavy atom. The number of nitrogens with zero attached hydrogens (tertiary/aromatic N) is 4. The number of rotatable bonds is 13. The van der Waals surface area contributed by atoms with Gasteiger partial charge in [-0.05, 0) is 117 Å². The first-order valence-electron chi connectivity index (χ1n) is 21.5. The minimum Gasteiger partial charge on any atom is -0.340 e. The number of benzene rings is 6. The average molecular weight is 867 g/mol. The Hall–Kier alpha value is -7.24. The number of aromatic nitrogens is 2. The lowest BCUT2D eigenvalue weighted by atomic mass is 9.97. The van der Waals surface area contributed by atoms with Crippen molar-refractivity contribution in [1.82, 2.24) is 9.13 Å². The molecular formula is C53H46N4O6S. The molecule has 0 aliphatic heterocycles. The predicted molar refractivity (Wildman–Crippen MR) is 259 cm³/mol. The molecule has 9 aromatic rings. The number of fused-ring (bicyclic) bond motifs is 9. The summed E-state index contributed by atoms with van der Waals surface area (Å²) < 4.78 is 6.60. The lowest BCUT2D eigenvalue weighted by Crippen LogP contribution is -2.04. The number of unbranched alkanes of at least 4 members (excludes halogenated alkanes) is 3. The van der Waals surface area contributed by atoms with Gasteiger partial charge < -0.3 is 18.8 Å². The predicted octanol–water partition coefficient (Wildman–Crippen LogP) is 12.0. The number of carbonyl (C=O) groups excluding carboxylic acids is 3. The number of aryl methyl sites for hydroxylation is 3. The largest absolute Gasteiger partial charge is 0.340 e. The number of hydrogen-bond acceptors (Lipinski definition) is 9. The third kappa shape index (κ3) is 7.88. The quantitative estimate of drug-likeness (QED) is 0.0284. The second-order valence-corrected chi connectivity index (χ2v) is 17.4. The summed E-state index contributed by atoms with van der Waals surface area (Å²) in [7, 11) is 0. The van der Waals surface area contributed by atoms with E-state index >= 15 is 0 Å². The third-order valence-corrected chi connectivity index (χ3v) is 13.3. The number of oxime groups is 2. The van der Waals surface area contributed by atoms with E-state index in [2.05, 4.69) is 55.8 Å². The summed E-state index contributed by atoms with van der Waals surface area (Å²) in [5, 5.41) is 13.5. The Bertz CT molecular complexity index is 3500. The van der Waals surface area contributed by atoms with E-state index in [0.29, 0.717) is 27.9 Å². The highest BCUT2D eigenvalue weighted by atomic mass is 32.1. The molecule has 0 radical (unpaired) electrons. The Balaban J connectivity index is 1.00. The van der Waals surface area contributed by atoms with E-state index in [4.69, 9.17) is 9.68 Å². The second-order valence-electron chi connectivity index (χ2n) is 16.3. The van der Waals surface area contributed by atoms with E-state index in [1.54, 1.807) is 11.3 Å². The first-order valence-corrected chi connectivity index (χ1v) is 22.3. The van der Waals surface area contributed by atoms with Crippen LogP contribution in [0.5, 0.6) is 0 Å². The fourth-order valence-electron chi connectivity index (χ4n) is 8.87. The molecule has 0 saturated carbocycles. The molecule has 0 bridgehead atoms. The van der Waals surface area contributed by atoms with Gasteiger partial charge in [0.2, 0.25) is 0 Å². The van der Waals surface area contributed by atoms with Gasteiger partial charge in [0.25, 0.3) is 0 Å². The number of hydrogen-bond donors (Lipinski definition) is 0. The Labute approximate surface area is 373 Å². The normalized spacial score (nSPS) is 12.3. The molecule has 6 aromatic carbocycles.